The van der Waals surface area contributed by atoms with Crippen LogP contribution in [0.4, 0.5) is 8.78 Å². The highest BCUT2D eigenvalue weighted by molar-refractivity contribution is 5.98. The number of aliphatic imine (C=N–C) groups is 1. The summed E-state index contributed by atoms with van der Waals surface area (Å²) in [6, 6.07) is 2.98. The summed E-state index contributed by atoms with van der Waals surface area (Å²) in [6.45, 7) is 12.3. The second-order valence-corrected chi connectivity index (χ2v) is 11.1. The number of amidine groups is 1. The van der Waals surface area contributed by atoms with Crippen molar-refractivity contribution in [3.05, 3.63) is 29.3 Å². The Balaban J connectivity index is 1.24. The lowest BCUT2D eigenvalue weighted by Crippen LogP contribution is -2.40. The molecule has 2 unspecified atom stereocenters. The number of hydrogen-bond acceptors (Lipinski definition) is 6. The summed E-state index contributed by atoms with van der Waals surface area (Å²) in [5.74, 6) is -0.791. The van der Waals surface area contributed by atoms with Crippen LogP contribution in [0.5, 0.6) is 5.75 Å². The SMILES string of the molecule is CCC(C)C(=O)c1c(F)cc(OCC[C@]2(C)C[C@@H]2C2CCN(C3=NC(C(C)C)NO3)CC2)cc1F. The van der Waals surface area contributed by atoms with Gasteiger partial charge < -0.3 is 14.5 Å². The molecule has 0 spiro atoms. The van der Waals surface area contributed by atoms with Crippen molar-refractivity contribution in [2.24, 2.45) is 34.1 Å². The molecule has 194 valence electrons. The smallest absolute Gasteiger partial charge is 0.309 e. The first-order valence-corrected chi connectivity index (χ1v) is 13.0. The van der Waals surface area contributed by atoms with Gasteiger partial charge in [0, 0.05) is 31.1 Å². The molecule has 3 aliphatic rings. The Morgan fingerprint density at radius 1 is 1.26 bits per heavy atom. The van der Waals surface area contributed by atoms with Crippen molar-refractivity contribution in [2.75, 3.05) is 19.7 Å². The molecule has 8 heteroatoms. The minimum Gasteiger partial charge on any atom is -0.493 e. The van der Waals surface area contributed by atoms with Crippen LogP contribution in [0.1, 0.15) is 77.1 Å². The van der Waals surface area contributed by atoms with Crippen LogP contribution >= 0.6 is 0 Å². The van der Waals surface area contributed by atoms with Gasteiger partial charge in [-0.25, -0.2) is 13.8 Å². The number of halogens is 2. The van der Waals surface area contributed by atoms with Crippen LogP contribution in [0.25, 0.3) is 0 Å². The summed E-state index contributed by atoms with van der Waals surface area (Å²) >= 11 is 0. The Morgan fingerprint density at radius 3 is 2.49 bits per heavy atom. The van der Waals surface area contributed by atoms with Crippen LogP contribution in [0, 0.1) is 40.7 Å². The molecule has 1 N–H and O–H groups in total. The van der Waals surface area contributed by atoms with Crippen molar-refractivity contribution in [1.82, 2.24) is 10.4 Å². The van der Waals surface area contributed by atoms with Gasteiger partial charge in [-0.3, -0.25) is 4.79 Å². The molecule has 0 amide bonds. The van der Waals surface area contributed by atoms with Gasteiger partial charge in [-0.2, -0.15) is 0 Å². The largest absolute Gasteiger partial charge is 0.493 e. The Labute approximate surface area is 207 Å². The standard InChI is InChI=1S/C27H39F2N3O3/c1-6-17(4)24(33)23-21(28)13-19(14-22(23)29)34-12-9-27(5)15-20(27)18-7-10-32(11-8-18)26-30-25(16(2)3)31-35-26/h13-14,16-18,20,25,31H,6-12,15H2,1-5H3/t17?,20-,25?,27-/m1/s1. The summed E-state index contributed by atoms with van der Waals surface area (Å²) in [4.78, 5) is 24.8. The molecule has 1 aromatic carbocycles. The number of rotatable bonds is 9. The van der Waals surface area contributed by atoms with Gasteiger partial charge in [0.2, 0.25) is 0 Å². The molecule has 1 aliphatic carbocycles. The number of nitrogens with zero attached hydrogens (tertiary/aromatic N) is 2. The highest BCUT2D eigenvalue weighted by Crippen LogP contribution is 2.60. The van der Waals surface area contributed by atoms with Crippen molar-refractivity contribution in [3.8, 4) is 5.75 Å². The van der Waals surface area contributed by atoms with Crippen LogP contribution in [0.2, 0.25) is 0 Å². The molecule has 1 aromatic rings. The van der Waals surface area contributed by atoms with Crippen molar-refractivity contribution >= 4 is 11.8 Å². The van der Waals surface area contributed by atoms with Crippen molar-refractivity contribution in [2.45, 2.75) is 72.9 Å². The molecule has 35 heavy (non-hydrogen) atoms. The van der Waals surface area contributed by atoms with Crippen LogP contribution < -0.4 is 10.2 Å². The number of carbonyl (C=O) groups excluding carboxylic acids is 1. The number of ether oxygens (including phenoxy) is 1. The summed E-state index contributed by atoms with van der Waals surface area (Å²) in [6.07, 6.45) is 4.77. The maximum absolute atomic E-state index is 14.5. The lowest BCUT2D eigenvalue weighted by Gasteiger charge is -2.33. The molecule has 0 bridgehead atoms. The third-order valence-electron chi connectivity index (χ3n) is 8.22. The van der Waals surface area contributed by atoms with E-state index in [1.165, 1.54) is 0 Å². The van der Waals surface area contributed by atoms with Crippen molar-refractivity contribution in [3.63, 3.8) is 0 Å². The molecule has 4 atom stereocenters. The Kier molecular flexibility index (Phi) is 7.69. The van der Waals surface area contributed by atoms with Crippen LogP contribution in [0.3, 0.4) is 0 Å². The number of hydrogen-bond donors (Lipinski definition) is 1. The van der Waals surface area contributed by atoms with E-state index in [1.54, 1.807) is 6.92 Å². The highest BCUT2D eigenvalue weighted by atomic mass is 19.1. The van der Waals surface area contributed by atoms with Gasteiger partial charge in [-0.15, -0.1) is 5.48 Å². The fraction of sp³-hybridized carbons (Fsp3) is 0.704. The lowest BCUT2D eigenvalue weighted by atomic mass is 9.87. The number of hydroxylamine groups is 1. The van der Waals surface area contributed by atoms with Crippen LogP contribution in [-0.2, 0) is 4.84 Å². The molecule has 2 aliphatic heterocycles. The first-order valence-electron chi connectivity index (χ1n) is 13.0. The Morgan fingerprint density at radius 2 is 1.91 bits per heavy atom. The Bertz CT molecular complexity index is 938. The number of ketones is 1. The van der Waals surface area contributed by atoms with E-state index in [2.05, 4.69) is 36.1 Å². The number of likely N-dealkylation sites (tertiary alicyclic amines) is 1. The van der Waals surface area contributed by atoms with E-state index in [0.717, 1.165) is 50.9 Å². The van der Waals surface area contributed by atoms with E-state index in [4.69, 9.17) is 9.57 Å². The van der Waals surface area contributed by atoms with Gasteiger partial charge in [-0.05, 0) is 55.3 Å². The zero-order valence-corrected chi connectivity index (χ0v) is 21.6. The van der Waals surface area contributed by atoms with Gasteiger partial charge in [0.1, 0.15) is 23.5 Å². The zero-order chi connectivity index (χ0) is 25.3. The topological polar surface area (TPSA) is 63.2 Å². The number of benzene rings is 1. The fourth-order valence-electron chi connectivity index (χ4n) is 5.38. The summed E-state index contributed by atoms with van der Waals surface area (Å²) < 4.78 is 34.7. The lowest BCUT2D eigenvalue weighted by molar-refractivity contribution is 0.0918. The molecule has 0 aromatic heterocycles. The molecular weight excluding hydrogens is 452 g/mol. The van der Waals surface area contributed by atoms with Crippen molar-refractivity contribution in [1.29, 1.82) is 0 Å². The summed E-state index contributed by atoms with van der Waals surface area (Å²) in [7, 11) is 0. The zero-order valence-electron chi connectivity index (χ0n) is 21.6. The number of nitrogens with one attached hydrogen (secondary N) is 1. The maximum Gasteiger partial charge on any atom is 0.309 e. The minimum atomic E-state index is -0.849. The summed E-state index contributed by atoms with van der Waals surface area (Å²) in [5, 5.41) is 0. The molecule has 2 heterocycles. The van der Waals surface area contributed by atoms with E-state index >= 15 is 0 Å². The van der Waals surface area contributed by atoms with E-state index in [-0.39, 0.29) is 17.3 Å². The van der Waals surface area contributed by atoms with E-state index in [1.807, 2.05) is 6.92 Å². The van der Waals surface area contributed by atoms with Gasteiger partial charge in [0.05, 0.1) is 12.2 Å². The number of carbonyl (C=O) groups is 1. The predicted molar refractivity (Wildman–Crippen MR) is 131 cm³/mol. The average molecular weight is 492 g/mol. The first-order chi connectivity index (χ1) is 16.6. The molecule has 0 radical (unpaired) electrons. The minimum absolute atomic E-state index is 0.0213. The van der Waals surface area contributed by atoms with Crippen LogP contribution in [0.15, 0.2) is 17.1 Å². The quantitative estimate of drug-likeness (QED) is 0.458. The highest BCUT2D eigenvalue weighted by Gasteiger charge is 2.53. The second kappa shape index (κ2) is 10.4. The van der Waals surface area contributed by atoms with E-state index in [0.29, 0.717) is 36.8 Å². The second-order valence-electron chi connectivity index (χ2n) is 11.1. The van der Waals surface area contributed by atoms with Gasteiger partial charge >= 0.3 is 6.02 Å². The van der Waals surface area contributed by atoms with E-state index in [9.17, 15) is 13.6 Å². The molecule has 4 rings (SSSR count). The van der Waals surface area contributed by atoms with Gasteiger partial charge in [0.25, 0.3) is 0 Å². The number of Topliss-reactive ketones (excluding diaryl/α,β-unsaturated/α-hetero) is 1. The van der Waals surface area contributed by atoms with E-state index < -0.39 is 28.9 Å². The molecule has 6 nitrogen and oxygen atoms in total. The monoisotopic (exact) mass is 491 g/mol. The molecular formula is C27H39F2N3O3. The normalized spacial score (nSPS) is 27.5. The third kappa shape index (κ3) is 5.63. The van der Waals surface area contributed by atoms with Gasteiger partial charge in [0.15, 0.2) is 5.78 Å². The maximum atomic E-state index is 14.5. The van der Waals surface area contributed by atoms with Crippen molar-refractivity contribution < 1.29 is 23.1 Å². The molecule has 1 saturated carbocycles. The number of piperidine rings is 1. The molecule has 2 fully saturated rings. The average Bonchev–Trinajstić information content (AvgIpc) is 3.25. The summed E-state index contributed by atoms with van der Waals surface area (Å²) in [5.41, 5.74) is 2.73. The van der Waals surface area contributed by atoms with Crippen LogP contribution in [-0.4, -0.2) is 42.6 Å². The first kappa shape index (κ1) is 25.9. The molecule has 1 saturated heterocycles. The fourth-order valence-corrected chi connectivity index (χ4v) is 5.38. The Hall–Kier alpha value is -2.22. The van der Waals surface area contributed by atoms with Gasteiger partial charge in [-0.1, -0.05) is 34.6 Å². The predicted octanol–water partition coefficient (Wildman–Crippen LogP) is 5.57. The third-order valence-corrected chi connectivity index (χ3v) is 8.22.